The smallest absolute Gasteiger partial charge is 0.333 e. The summed E-state index contributed by atoms with van der Waals surface area (Å²) in [7, 11) is 0. The third-order valence-electron chi connectivity index (χ3n) is 2.06. The minimum atomic E-state index is -0.920. The highest BCUT2D eigenvalue weighted by Crippen LogP contribution is 2.28. The highest BCUT2D eigenvalue weighted by Gasteiger charge is 2.20. The van der Waals surface area contributed by atoms with Crippen LogP contribution in [0.2, 0.25) is 0 Å². The molecule has 9 heteroatoms. The summed E-state index contributed by atoms with van der Waals surface area (Å²) in [4.78, 5) is 25.8. The molecule has 1 heterocycles. The van der Waals surface area contributed by atoms with Gasteiger partial charge in [0.05, 0.1) is 11.9 Å². The van der Waals surface area contributed by atoms with Crippen LogP contribution in [0.4, 0.5) is 21.0 Å². The molecule has 1 aromatic heterocycles. The summed E-state index contributed by atoms with van der Waals surface area (Å²) in [5.74, 6) is 10.9. The van der Waals surface area contributed by atoms with Gasteiger partial charge < -0.3 is 11.5 Å². The molecule has 0 saturated carbocycles. The summed E-state index contributed by atoms with van der Waals surface area (Å²) in [5.41, 5.74) is 10.8. The highest BCUT2D eigenvalue weighted by atomic mass is 16.2. The highest BCUT2D eigenvalue weighted by molar-refractivity contribution is 5.99. The first-order chi connectivity index (χ1) is 7.86. The van der Waals surface area contributed by atoms with Crippen LogP contribution in [-0.2, 0) is 0 Å². The number of anilines is 2. The van der Waals surface area contributed by atoms with E-state index in [9.17, 15) is 9.59 Å². The molecule has 0 radical (unpaired) electrons. The fraction of sp³-hybridized carbons (Fsp3) is 0.125. The summed E-state index contributed by atoms with van der Waals surface area (Å²) in [6, 6.07) is -1.82. The number of pyridine rings is 1. The number of carbonyl (C=O) groups excluding carboxylic acids is 2. The van der Waals surface area contributed by atoms with Crippen molar-refractivity contribution in [3.8, 4) is 0 Å². The van der Waals surface area contributed by atoms with Crippen molar-refractivity contribution >= 4 is 23.4 Å². The van der Waals surface area contributed by atoms with E-state index >= 15 is 0 Å². The van der Waals surface area contributed by atoms with E-state index in [2.05, 4.69) is 4.98 Å². The van der Waals surface area contributed by atoms with E-state index in [1.54, 1.807) is 6.92 Å². The van der Waals surface area contributed by atoms with E-state index in [4.69, 9.17) is 23.2 Å². The minimum Gasteiger partial charge on any atom is -0.350 e. The van der Waals surface area contributed by atoms with Gasteiger partial charge in [-0.05, 0) is 12.5 Å². The van der Waals surface area contributed by atoms with Crippen molar-refractivity contribution in [2.75, 3.05) is 10.0 Å². The molecule has 0 bridgehead atoms. The fourth-order valence-corrected chi connectivity index (χ4v) is 1.26. The number of hydrazine groups is 2. The summed E-state index contributed by atoms with van der Waals surface area (Å²) in [6.07, 6.45) is 2.69. The third kappa shape index (κ3) is 2.41. The van der Waals surface area contributed by atoms with Crippen molar-refractivity contribution in [1.29, 1.82) is 0 Å². The minimum absolute atomic E-state index is 0.0822. The van der Waals surface area contributed by atoms with Gasteiger partial charge in [-0.15, -0.1) is 0 Å². The zero-order chi connectivity index (χ0) is 13.2. The lowest BCUT2D eigenvalue weighted by Gasteiger charge is -2.23. The van der Waals surface area contributed by atoms with Crippen LogP contribution >= 0.6 is 0 Å². The second kappa shape index (κ2) is 4.63. The van der Waals surface area contributed by atoms with Gasteiger partial charge in [0.1, 0.15) is 5.69 Å². The van der Waals surface area contributed by atoms with Crippen LogP contribution in [0.25, 0.3) is 0 Å². The quantitative estimate of drug-likeness (QED) is 0.293. The van der Waals surface area contributed by atoms with Crippen molar-refractivity contribution < 1.29 is 9.59 Å². The Kier molecular flexibility index (Phi) is 3.46. The molecule has 0 fully saturated rings. The number of urea groups is 2. The molecule has 4 amide bonds. The SMILES string of the molecule is Cc1cncc(N(N)C(N)=O)c1N(N)C(N)=O. The van der Waals surface area contributed by atoms with Crippen molar-refractivity contribution in [3.05, 3.63) is 18.0 Å². The Balaban J connectivity index is 3.36. The lowest BCUT2D eigenvalue weighted by Crippen LogP contribution is -2.46. The van der Waals surface area contributed by atoms with Crippen molar-refractivity contribution in [2.45, 2.75) is 6.92 Å². The van der Waals surface area contributed by atoms with Crippen LogP contribution in [-0.4, -0.2) is 17.0 Å². The van der Waals surface area contributed by atoms with Crippen LogP contribution in [0, 0.1) is 6.92 Å². The molecule has 0 aliphatic heterocycles. The van der Waals surface area contributed by atoms with Gasteiger partial charge in [0.15, 0.2) is 0 Å². The molecule has 0 unspecified atom stereocenters. The maximum Gasteiger partial charge on any atom is 0.333 e. The largest absolute Gasteiger partial charge is 0.350 e. The lowest BCUT2D eigenvalue weighted by atomic mass is 10.2. The maximum atomic E-state index is 11.0. The zero-order valence-electron chi connectivity index (χ0n) is 9.12. The van der Waals surface area contributed by atoms with E-state index in [-0.39, 0.29) is 11.4 Å². The van der Waals surface area contributed by atoms with Gasteiger partial charge in [0.25, 0.3) is 0 Å². The molecule has 8 N–H and O–H groups in total. The second-order valence-electron chi connectivity index (χ2n) is 3.24. The summed E-state index contributed by atoms with van der Waals surface area (Å²) in [6.45, 7) is 1.63. The fourth-order valence-electron chi connectivity index (χ4n) is 1.26. The normalized spacial score (nSPS) is 9.82. The number of nitrogens with zero attached hydrogens (tertiary/aromatic N) is 3. The number of primary amides is 2. The van der Waals surface area contributed by atoms with Crippen molar-refractivity contribution in [1.82, 2.24) is 4.98 Å². The number of hydrogen-bond donors (Lipinski definition) is 4. The molecule has 0 aromatic carbocycles. The van der Waals surface area contributed by atoms with Gasteiger partial charge in [-0.1, -0.05) is 0 Å². The van der Waals surface area contributed by atoms with Gasteiger partial charge in [-0.2, -0.15) is 0 Å². The molecule has 0 aliphatic carbocycles. The molecule has 1 rings (SSSR count). The van der Waals surface area contributed by atoms with Gasteiger partial charge in [-0.25, -0.2) is 31.3 Å². The molecular formula is C8H13N7O2. The van der Waals surface area contributed by atoms with Gasteiger partial charge in [-0.3, -0.25) is 4.98 Å². The number of amides is 4. The average Bonchev–Trinajstić information content (AvgIpc) is 2.26. The first-order valence-electron chi connectivity index (χ1n) is 4.49. The molecule has 92 valence electrons. The zero-order valence-corrected chi connectivity index (χ0v) is 9.12. The van der Waals surface area contributed by atoms with E-state index in [0.717, 1.165) is 0 Å². The van der Waals surface area contributed by atoms with Gasteiger partial charge in [0, 0.05) is 6.20 Å². The van der Waals surface area contributed by atoms with Crippen molar-refractivity contribution in [2.24, 2.45) is 23.2 Å². The molecule has 17 heavy (non-hydrogen) atoms. The monoisotopic (exact) mass is 239 g/mol. The Labute approximate surface area is 96.9 Å². The Bertz CT molecular complexity index is 461. The Morgan fingerprint density at radius 2 is 1.65 bits per heavy atom. The van der Waals surface area contributed by atoms with Crippen LogP contribution in [0.5, 0.6) is 0 Å². The predicted octanol–water partition coefficient (Wildman–Crippen LogP) is -1.09. The summed E-state index contributed by atoms with van der Waals surface area (Å²) in [5, 5.41) is 1.28. The summed E-state index contributed by atoms with van der Waals surface area (Å²) >= 11 is 0. The molecule has 0 spiro atoms. The Hall–Kier alpha value is -2.39. The summed E-state index contributed by atoms with van der Waals surface area (Å²) < 4.78 is 0. The van der Waals surface area contributed by atoms with E-state index in [1.165, 1.54) is 12.4 Å². The second-order valence-corrected chi connectivity index (χ2v) is 3.24. The van der Waals surface area contributed by atoms with Crippen LogP contribution < -0.4 is 33.2 Å². The molecule has 0 aliphatic rings. The van der Waals surface area contributed by atoms with E-state index in [0.29, 0.717) is 15.6 Å². The average molecular weight is 239 g/mol. The van der Waals surface area contributed by atoms with Crippen LogP contribution in [0.1, 0.15) is 5.56 Å². The number of carbonyl (C=O) groups is 2. The number of aromatic nitrogens is 1. The van der Waals surface area contributed by atoms with Gasteiger partial charge in [0.2, 0.25) is 0 Å². The Morgan fingerprint density at radius 1 is 1.12 bits per heavy atom. The first-order valence-corrected chi connectivity index (χ1v) is 4.49. The molecular weight excluding hydrogens is 226 g/mol. The lowest BCUT2D eigenvalue weighted by molar-refractivity contribution is 0.252. The maximum absolute atomic E-state index is 11.0. The van der Waals surface area contributed by atoms with Crippen molar-refractivity contribution in [3.63, 3.8) is 0 Å². The number of hydrogen-bond acceptors (Lipinski definition) is 5. The number of nitrogens with two attached hydrogens (primary N) is 4. The molecule has 9 nitrogen and oxygen atoms in total. The third-order valence-corrected chi connectivity index (χ3v) is 2.06. The standard InChI is InChI=1S/C8H13N7O2/c1-4-2-13-3-5(14(11)7(9)16)6(4)15(12)8(10)17/h2-3H,11-12H2,1H3,(H2,9,16)(H2,10,17). The van der Waals surface area contributed by atoms with Crippen LogP contribution in [0.15, 0.2) is 12.4 Å². The number of rotatable bonds is 2. The molecule has 0 saturated heterocycles. The topological polar surface area (TPSA) is 158 Å². The number of aryl methyl sites for hydroxylation is 1. The molecule has 1 aromatic rings. The van der Waals surface area contributed by atoms with E-state index in [1.807, 2.05) is 0 Å². The first kappa shape index (κ1) is 12.7. The molecule has 0 atom stereocenters. The van der Waals surface area contributed by atoms with E-state index < -0.39 is 12.1 Å². The van der Waals surface area contributed by atoms with Crippen LogP contribution in [0.3, 0.4) is 0 Å². The predicted molar refractivity (Wildman–Crippen MR) is 61.5 cm³/mol. The Morgan fingerprint density at radius 3 is 2.12 bits per heavy atom. The van der Waals surface area contributed by atoms with Gasteiger partial charge >= 0.3 is 12.1 Å².